The average molecular weight is 482 g/mol. The molecule has 0 bridgehead atoms. The van der Waals surface area contributed by atoms with Crippen LogP contribution in [-0.2, 0) is 0 Å². The molecule has 4 aromatic rings. The number of hydrogen-bond donors (Lipinski definition) is 4. The Hall–Kier alpha value is -3.08. The molecule has 0 saturated carbocycles. The molecule has 0 aliphatic heterocycles. The van der Waals surface area contributed by atoms with E-state index in [9.17, 15) is 15.0 Å². The van der Waals surface area contributed by atoms with Crippen LogP contribution in [-0.4, -0.2) is 25.8 Å². The summed E-state index contributed by atoms with van der Waals surface area (Å²) in [5.74, 6) is 6.12. The van der Waals surface area contributed by atoms with Gasteiger partial charge in [-0.15, -0.1) is 0 Å². The summed E-state index contributed by atoms with van der Waals surface area (Å²) in [6, 6.07) is 10.3. The zero-order chi connectivity index (χ0) is 23.9. The molecule has 8 heteroatoms. The number of anilines is 2. The fourth-order valence-corrected chi connectivity index (χ4v) is 4.03. The molecular formula is C25H21Cl2N3O3. The summed E-state index contributed by atoms with van der Waals surface area (Å²) in [5.41, 5.74) is 0.812. The van der Waals surface area contributed by atoms with Gasteiger partial charge in [-0.2, -0.15) is 0 Å². The number of H-pyrrole nitrogens is 1. The average Bonchev–Trinajstić information content (AvgIpc) is 2.74. The number of aromatic amines is 1. The highest BCUT2D eigenvalue weighted by Crippen LogP contribution is 2.37. The van der Waals surface area contributed by atoms with Gasteiger partial charge in [0.2, 0.25) is 0 Å². The summed E-state index contributed by atoms with van der Waals surface area (Å²) >= 11 is 12.9. The number of nitrogens with one attached hydrogen (secondary N) is 2. The van der Waals surface area contributed by atoms with Crippen molar-refractivity contribution in [3.63, 3.8) is 0 Å². The second-order valence-electron chi connectivity index (χ2n) is 8.26. The third-order valence-corrected chi connectivity index (χ3v) is 5.61. The minimum atomic E-state index is -1.14. The van der Waals surface area contributed by atoms with Gasteiger partial charge in [0.25, 0.3) is 5.56 Å². The number of halogens is 2. The first kappa shape index (κ1) is 23.1. The predicted octanol–water partition coefficient (Wildman–Crippen LogP) is 5.30. The fraction of sp³-hybridized carbons (Fsp3) is 0.200. The van der Waals surface area contributed by atoms with Crippen LogP contribution in [0.4, 0.5) is 11.5 Å². The van der Waals surface area contributed by atoms with Gasteiger partial charge in [0, 0.05) is 22.5 Å². The molecule has 4 N–H and O–H groups in total. The van der Waals surface area contributed by atoms with Crippen molar-refractivity contribution in [1.82, 2.24) is 9.97 Å². The highest BCUT2D eigenvalue weighted by molar-refractivity contribution is 6.39. The van der Waals surface area contributed by atoms with Crippen LogP contribution >= 0.6 is 23.2 Å². The molecule has 33 heavy (non-hydrogen) atoms. The van der Waals surface area contributed by atoms with Crippen molar-refractivity contribution in [1.29, 1.82) is 0 Å². The van der Waals surface area contributed by atoms with E-state index in [-0.39, 0.29) is 5.56 Å². The largest absolute Gasteiger partial charge is 0.389 e. The van der Waals surface area contributed by atoms with Crippen LogP contribution in [0.1, 0.15) is 38.0 Å². The lowest BCUT2D eigenvalue weighted by atomic mass is 10.0. The van der Waals surface area contributed by atoms with E-state index in [2.05, 4.69) is 22.1 Å². The molecule has 4 rings (SSSR count). The molecule has 0 fully saturated rings. The van der Waals surface area contributed by atoms with E-state index in [1.165, 1.54) is 0 Å². The number of benzene rings is 2. The summed E-state index contributed by atoms with van der Waals surface area (Å²) in [4.78, 5) is 20.2. The molecular weight excluding hydrogens is 461 g/mol. The molecule has 2 aromatic carbocycles. The van der Waals surface area contributed by atoms with Crippen LogP contribution in [0.5, 0.6) is 0 Å². The first-order valence-electron chi connectivity index (χ1n) is 10.2. The zero-order valence-corrected chi connectivity index (χ0v) is 19.6. The van der Waals surface area contributed by atoms with E-state index in [0.717, 1.165) is 0 Å². The standard InChI is InChI=1S/C25H21Cl2N3O3/c1-13(31)15-11-18(26)22(19(27)12-15)30-23-16-7-9-28-24(32)21(16)17-10-14(4-5-20(17)29-23)6-8-25(2,3)33/h4-5,7,9-13,31,33H,1-3H3,(H,28,32)(H,29,30). The number of pyridine rings is 2. The van der Waals surface area contributed by atoms with E-state index in [1.807, 2.05) is 0 Å². The summed E-state index contributed by atoms with van der Waals surface area (Å²) in [6.45, 7) is 4.83. The zero-order valence-electron chi connectivity index (χ0n) is 18.1. The molecule has 2 aromatic heterocycles. The van der Waals surface area contributed by atoms with Crippen molar-refractivity contribution >= 4 is 56.4 Å². The topological polar surface area (TPSA) is 98.2 Å². The molecule has 2 heterocycles. The molecule has 6 nitrogen and oxygen atoms in total. The highest BCUT2D eigenvalue weighted by Gasteiger charge is 2.16. The molecule has 168 valence electrons. The Kier molecular flexibility index (Phi) is 6.08. The molecule has 0 amide bonds. The Morgan fingerprint density at radius 2 is 1.82 bits per heavy atom. The predicted molar refractivity (Wildman–Crippen MR) is 133 cm³/mol. The highest BCUT2D eigenvalue weighted by atomic mass is 35.5. The lowest BCUT2D eigenvalue weighted by molar-refractivity contribution is 0.143. The molecule has 0 saturated heterocycles. The minimum Gasteiger partial charge on any atom is -0.389 e. The van der Waals surface area contributed by atoms with Gasteiger partial charge in [-0.05, 0) is 62.7 Å². The summed E-state index contributed by atoms with van der Waals surface area (Å²) in [5, 5.41) is 25.2. The number of fused-ring (bicyclic) bond motifs is 3. The molecule has 0 spiro atoms. The minimum absolute atomic E-state index is 0.280. The third kappa shape index (κ3) is 4.82. The lowest BCUT2D eigenvalue weighted by Gasteiger charge is -2.15. The molecule has 1 unspecified atom stereocenters. The molecule has 0 aliphatic carbocycles. The maximum absolute atomic E-state index is 12.8. The first-order chi connectivity index (χ1) is 15.5. The van der Waals surface area contributed by atoms with Crippen LogP contribution in [0.25, 0.3) is 21.7 Å². The third-order valence-electron chi connectivity index (χ3n) is 5.02. The second kappa shape index (κ2) is 8.69. The van der Waals surface area contributed by atoms with E-state index in [0.29, 0.717) is 54.4 Å². The van der Waals surface area contributed by atoms with Gasteiger partial charge in [-0.25, -0.2) is 4.98 Å². The first-order valence-corrected chi connectivity index (χ1v) is 10.9. The van der Waals surface area contributed by atoms with E-state index in [4.69, 9.17) is 28.2 Å². The van der Waals surface area contributed by atoms with Gasteiger partial charge in [0.05, 0.1) is 32.7 Å². The van der Waals surface area contributed by atoms with Crippen molar-refractivity contribution in [2.75, 3.05) is 5.32 Å². The quantitative estimate of drug-likeness (QED) is 0.235. The van der Waals surface area contributed by atoms with E-state index in [1.54, 1.807) is 63.4 Å². The summed E-state index contributed by atoms with van der Waals surface area (Å²) in [6.07, 6.45) is 0.821. The lowest BCUT2D eigenvalue weighted by Crippen LogP contribution is -2.14. The normalized spacial score (nSPS) is 12.5. The SMILES string of the molecule is CC(O)c1cc(Cl)c(Nc2nc3ccc(C#CC(C)(C)O)cc3c3c(=O)[nH]ccc23)c(Cl)c1. The van der Waals surface area contributed by atoms with Gasteiger partial charge in [-0.1, -0.05) is 35.0 Å². The Balaban J connectivity index is 1.91. The van der Waals surface area contributed by atoms with Gasteiger partial charge in [0.1, 0.15) is 11.4 Å². The number of aliphatic hydroxyl groups excluding tert-OH is 1. The maximum atomic E-state index is 12.8. The van der Waals surface area contributed by atoms with Crippen molar-refractivity contribution < 1.29 is 10.2 Å². The Morgan fingerprint density at radius 3 is 2.45 bits per heavy atom. The van der Waals surface area contributed by atoms with Crippen LogP contribution < -0.4 is 10.9 Å². The Labute approximate surface area is 200 Å². The van der Waals surface area contributed by atoms with E-state index < -0.39 is 11.7 Å². The summed E-state index contributed by atoms with van der Waals surface area (Å²) < 4.78 is 0. The van der Waals surface area contributed by atoms with Crippen molar-refractivity contribution in [3.05, 3.63) is 74.1 Å². The van der Waals surface area contributed by atoms with Gasteiger partial charge in [0.15, 0.2) is 0 Å². The van der Waals surface area contributed by atoms with Crippen molar-refractivity contribution in [2.24, 2.45) is 0 Å². The molecule has 0 aliphatic rings. The molecule has 0 radical (unpaired) electrons. The van der Waals surface area contributed by atoms with Crippen LogP contribution in [0, 0.1) is 11.8 Å². The second-order valence-corrected chi connectivity index (χ2v) is 9.07. The van der Waals surface area contributed by atoms with E-state index >= 15 is 0 Å². The number of nitrogens with zero attached hydrogens (tertiary/aromatic N) is 1. The fourth-order valence-electron chi connectivity index (χ4n) is 3.43. The van der Waals surface area contributed by atoms with Crippen LogP contribution in [0.15, 0.2) is 47.4 Å². The van der Waals surface area contributed by atoms with Gasteiger partial charge < -0.3 is 20.5 Å². The number of aliphatic hydroxyl groups is 2. The van der Waals surface area contributed by atoms with Crippen molar-refractivity contribution in [2.45, 2.75) is 32.5 Å². The maximum Gasteiger partial charge on any atom is 0.256 e. The number of rotatable bonds is 3. The monoisotopic (exact) mass is 481 g/mol. The number of aromatic nitrogens is 2. The molecule has 1 atom stereocenters. The van der Waals surface area contributed by atoms with Crippen molar-refractivity contribution in [3.8, 4) is 11.8 Å². The Bertz CT molecular complexity index is 1490. The number of hydrogen-bond acceptors (Lipinski definition) is 5. The van der Waals surface area contributed by atoms with Gasteiger partial charge >= 0.3 is 0 Å². The van der Waals surface area contributed by atoms with Gasteiger partial charge in [-0.3, -0.25) is 4.79 Å². The van der Waals surface area contributed by atoms with Crippen LogP contribution in [0.3, 0.4) is 0 Å². The Morgan fingerprint density at radius 1 is 1.12 bits per heavy atom. The summed E-state index contributed by atoms with van der Waals surface area (Å²) in [7, 11) is 0. The smallest absolute Gasteiger partial charge is 0.256 e. The van der Waals surface area contributed by atoms with Crippen LogP contribution in [0.2, 0.25) is 10.0 Å².